The van der Waals surface area contributed by atoms with E-state index >= 15 is 0 Å². The third kappa shape index (κ3) is 3.19. The Bertz CT molecular complexity index is 1060. The lowest BCUT2D eigenvalue weighted by Gasteiger charge is -2.32. The van der Waals surface area contributed by atoms with Gasteiger partial charge in [0.2, 0.25) is 5.91 Å². The number of guanidine groups is 1. The van der Waals surface area contributed by atoms with Gasteiger partial charge in [-0.15, -0.1) is 22.7 Å². The minimum absolute atomic E-state index is 0.125. The molecule has 0 aliphatic carbocycles. The van der Waals surface area contributed by atoms with Gasteiger partial charge in [-0.1, -0.05) is 0 Å². The number of nitrogens with two attached hydrogens (primary N) is 1. The fraction of sp³-hybridized carbons (Fsp3) is 0.222. The summed E-state index contributed by atoms with van der Waals surface area (Å²) in [6.07, 6.45) is 1.76. The van der Waals surface area contributed by atoms with Gasteiger partial charge < -0.3 is 11.1 Å². The predicted octanol–water partition coefficient (Wildman–Crippen LogP) is 3.00. The smallest absolute Gasteiger partial charge is 0.265 e. The highest BCUT2D eigenvalue weighted by atomic mass is 32.1. The molecule has 27 heavy (non-hydrogen) atoms. The number of nitrogens with zero attached hydrogens (tertiary/aromatic N) is 3. The van der Waals surface area contributed by atoms with Crippen LogP contribution < -0.4 is 11.1 Å². The maximum absolute atomic E-state index is 12.6. The molecule has 3 aromatic rings. The van der Waals surface area contributed by atoms with Gasteiger partial charge in [-0.25, -0.2) is 4.99 Å². The Kier molecular flexibility index (Phi) is 4.20. The third-order valence-corrected chi connectivity index (χ3v) is 6.60. The third-order valence-electron chi connectivity index (χ3n) is 4.51. The van der Waals surface area contributed by atoms with Crippen molar-refractivity contribution in [3.8, 4) is 0 Å². The average Bonchev–Trinajstić information content (AvgIpc) is 3.22. The quantitative estimate of drug-likeness (QED) is 0.707. The fourth-order valence-corrected chi connectivity index (χ4v) is 4.93. The molecule has 0 aromatic carbocycles. The number of aliphatic imine (C=N–C) groups is 1. The van der Waals surface area contributed by atoms with E-state index in [1.807, 2.05) is 24.4 Å². The summed E-state index contributed by atoms with van der Waals surface area (Å²) in [6, 6.07) is 7.35. The van der Waals surface area contributed by atoms with Gasteiger partial charge in [-0.3, -0.25) is 19.5 Å². The zero-order chi connectivity index (χ0) is 19.2. The lowest BCUT2D eigenvalue weighted by atomic mass is 9.91. The molecule has 9 heteroatoms. The van der Waals surface area contributed by atoms with Crippen molar-refractivity contribution in [1.82, 2.24) is 9.88 Å². The molecule has 1 aliphatic rings. The van der Waals surface area contributed by atoms with E-state index in [1.54, 1.807) is 36.7 Å². The SMILES string of the molecule is CN1C(=O)CC(C)(c2cc(NC(=O)c3cc4sccc4s3)ccn2)N=C1N. The summed E-state index contributed by atoms with van der Waals surface area (Å²) in [6.45, 7) is 1.81. The van der Waals surface area contributed by atoms with Gasteiger partial charge in [0.25, 0.3) is 5.91 Å². The molecule has 138 valence electrons. The number of hydrogen-bond acceptors (Lipinski definition) is 7. The van der Waals surface area contributed by atoms with Gasteiger partial charge >= 0.3 is 0 Å². The number of anilines is 1. The first-order valence-electron chi connectivity index (χ1n) is 8.22. The molecule has 2 amide bonds. The van der Waals surface area contributed by atoms with Gasteiger partial charge in [0.15, 0.2) is 5.96 Å². The maximum atomic E-state index is 12.6. The number of carbonyl (C=O) groups excluding carboxylic acids is 2. The summed E-state index contributed by atoms with van der Waals surface area (Å²) in [4.78, 5) is 35.5. The predicted molar refractivity (Wildman–Crippen MR) is 108 cm³/mol. The highest BCUT2D eigenvalue weighted by Gasteiger charge is 2.37. The molecule has 0 fully saturated rings. The van der Waals surface area contributed by atoms with Crippen molar-refractivity contribution in [3.05, 3.63) is 46.4 Å². The van der Waals surface area contributed by atoms with Crippen LogP contribution in [0.3, 0.4) is 0 Å². The summed E-state index contributed by atoms with van der Waals surface area (Å²) >= 11 is 3.07. The van der Waals surface area contributed by atoms with Crippen molar-refractivity contribution >= 4 is 55.5 Å². The zero-order valence-electron chi connectivity index (χ0n) is 14.7. The minimum atomic E-state index is -0.861. The summed E-state index contributed by atoms with van der Waals surface area (Å²) in [5, 5.41) is 4.91. The molecule has 0 radical (unpaired) electrons. The van der Waals surface area contributed by atoms with Crippen LogP contribution in [0.25, 0.3) is 9.40 Å². The zero-order valence-corrected chi connectivity index (χ0v) is 16.4. The molecule has 1 aliphatic heterocycles. The normalized spacial score (nSPS) is 20.0. The second kappa shape index (κ2) is 6.43. The van der Waals surface area contributed by atoms with Crippen LogP contribution in [0.4, 0.5) is 5.69 Å². The second-order valence-corrected chi connectivity index (χ2v) is 8.55. The number of rotatable bonds is 3. The minimum Gasteiger partial charge on any atom is -0.369 e. The number of fused-ring (bicyclic) bond motifs is 1. The van der Waals surface area contributed by atoms with Gasteiger partial charge in [-0.05, 0) is 36.6 Å². The van der Waals surface area contributed by atoms with Crippen LogP contribution in [-0.4, -0.2) is 34.7 Å². The van der Waals surface area contributed by atoms with Crippen molar-refractivity contribution in [3.63, 3.8) is 0 Å². The number of pyridine rings is 1. The van der Waals surface area contributed by atoms with E-state index in [1.165, 1.54) is 16.2 Å². The van der Waals surface area contributed by atoms with Gasteiger partial charge in [-0.2, -0.15) is 0 Å². The summed E-state index contributed by atoms with van der Waals surface area (Å²) < 4.78 is 2.20. The Morgan fingerprint density at radius 2 is 2.15 bits per heavy atom. The molecule has 1 atom stereocenters. The van der Waals surface area contributed by atoms with E-state index in [4.69, 9.17) is 5.73 Å². The highest BCUT2D eigenvalue weighted by Crippen LogP contribution is 2.33. The molecule has 4 heterocycles. The molecule has 3 aromatic heterocycles. The Balaban J connectivity index is 1.60. The summed E-state index contributed by atoms with van der Waals surface area (Å²) in [5.74, 6) is -0.142. The first-order valence-corrected chi connectivity index (χ1v) is 9.92. The molecule has 3 N–H and O–H groups in total. The van der Waals surface area contributed by atoms with Crippen LogP contribution >= 0.6 is 22.7 Å². The number of carbonyl (C=O) groups is 2. The maximum Gasteiger partial charge on any atom is 0.265 e. The molecular formula is C18H17N5O2S2. The first-order chi connectivity index (χ1) is 12.9. The number of hydrogen-bond donors (Lipinski definition) is 2. The van der Waals surface area contributed by atoms with E-state index in [-0.39, 0.29) is 24.2 Å². The van der Waals surface area contributed by atoms with Gasteiger partial charge in [0.05, 0.1) is 17.0 Å². The van der Waals surface area contributed by atoms with Crippen molar-refractivity contribution in [2.45, 2.75) is 18.9 Å². The molecule has 0 saturated heterocycles. The van der Waals surface area contributed by atoms with E-state index < -0.39 is 5.54 Å². The van der Waals surface area contributed by atoms with Crippen LogP contribution in [-0.2, 0) is 10.3 Å². The van der Waals surface area contributed by atoms with Crippen molar-refractivity contribution < 1.29 is 9.59 Å². The van der Waals surface area contributed by atoms with Crippen molar-refractivity contribution in [2.75, 3.05) is 12.4 Å². The van der Waals surface area contributed by atoms with E-state index in [0.717, 1.165) is 9.40 Å². The van der Waals surface area contributed by atoms with Crippen LogP contribution in [0, 0.1) is 0 Å². The van der Waals surface area contributed by atoms with Crippen molar-refractivity contribution in [1.29, 1.82) is 0 Å². The molecule has 1 unspecified atom stereocenters. The number of nitrogens with one attached hydrogen (secondary N) is 1. The largest absolute Gasteiger partial charge is 0.369 e. The lowest BCUT2D eigenvalue weighted by Crippen LogP contribution is -2.47. The number of thiophene rings is 2. The summed E-state index contributed by atoms with van der Waals surface area (Å²) in [5.41, 5.74) is 6.18. The van der Waals surface area contributed by atoms with E-state index in [0.29, 0.717) is 16.3 Å². The Morgan fingerprint density at radius 3 is 2.89 bits per heavy atom. The van der Waals surface area contributed by atoms with Gasteiger partial charge in [0, 0.05) is 28.3 Å². The molecule has 0 spiro atoms. The molecule has 4 rings (SSSR count). The topological polar surface area (TPSA) is 101 Å². The number of amides is 2. The van der Waals surface area contributed by atoms with Crippen molar-refractivity contribution in [2.24, 2.45) is 10.7 Å². The number of aromatic nitrogens is 1. The summed E-state index contributed by atoms with van der Waals surface area (Å²) in [7, 11) is 1.59. The molecular weight excluding hydrogens is 382 g/mol. The lowest BCUT2D eigenvalue weighted by molar-refractivity contribution is -0.128. The van der Waals surface area contributed by atoms with Crippen LogP contribution in [0.15, 0.2) is 40.8 Å². The Labute approximate surface area is 163 Å². The average molecular weight is 400 g/mol. The van der Waals surface area contributed by atoms with Crippen LogP contribution in [0.1, 0.15) is 28.7 Å². The molecule has 7 nitrogen and oxygen atoms in total. The Hall–Kier alpha value is -2.78. The van der Waals surface area contributed by atoms with Crippen LogP contribution in [0.2, 0.25) is 0 Å². The highest BCUT2D eigenvalue weighted by molar-refractivity contribution is 7.27. The first kappa shape index (κ1) is 17.6. The van der Waals surface area contributed by atoms with Crippen LogP contribution in [0.5, 0.6) is 0 Å². The fourth-order valence-electron chi connectivity index (χ4n) is 2.93. The molecule has 0 bridgehead atoms. The molecule has 0 saturated carbocycles. The van der Waals surface area contributed by atoms with E-state index in [9.17, 15) is 9.59 Å². The monoisotopic (exact) mass is 399 g/mol. The standard InChI is InChI=1S/C18H17N5O2S2/c1-18(9-15(24)23(2)17(19)22-18)14-7-10(3-5-20-14)21-16(25)13-8-12-11(27-13)4-6-26-12/h3-8H,9H2,1-2H3,(H2,19,22)(H,20,21,25). The van der Waals surface area contributed by atoms with Gasteiger partial charge in [0.1, 0.15) is 5.54 Å². The second-order valence-electron chi connectivity index (χ2n) is 6.52. The Morgan fingerprint density at radius 1 is 1.33 bits per heavy atom. The van der Waals surface area contributed by atoms with E-state index in [2.05, 4.69) is 15.3 Å².